The molecule has 0 bridgehead atoms. The molecule has 0 saturated carbocycles. The highest BCUT2D eigenvalue weighted by Gasteiger charge is 2.28. The third-order valence-corrected chi connectivity index (χ3v) is 6.03. The molecule has 3 heterocycles. The Morgan fingerprint density at radius 2 is 2.07 bits per heavy atom. The van der Waals surface area contributed by atoms with Crippen LogP contribution in [-0.4, -0.2) is 44.7 Å². The number of thiophene rings is 1. The summed E-state index contributed by atoms with van der Waals surface area (Å²) in [5.74, 6) is 0.539. The number of nitrogens with zero attached hydrogens (tertiary/aromatic N) is 4. The van der Waals surface area contributed by atoms with Crippen molar-refractivity contribution in [2.75, 3.05) is 13.1 Å². The minimum Gasteiger partial charge on any atom is -0.336 e. The maximum atomic E-state index is 13.7. The van der Waals surface area contributed by atoms with E-state index in [0.717, 1.165) is 17.7 Å². The molecule has 4 rings (SSSR count). The quantitative estimate of drug-likeness (QED) is 0.730. The van der Waals surface area contributed by atoms with Gasteiger partial charge in [0.2, 0.25) is 5.82 Å². The SMILES string of the molecule is CC(N)C1CCN(C(=O)c2nc(-c3cccs3)n(-c3cccc(F)c3)n2)CC1. The van der Waals surface area contributed by atoms with E-state index < -0.39 is 0 Å². The number of rotatable bonds is 4. The van der Waals surface area contributed by atoms with Crippen LogP contribution in [0.15, 0.2) is 41.8 Å². The van der Waals surface area contributed by atoms with Gasteiger partial charge in [-0.2, -0.15) is 0 Å². The standard InChI is InChI=1S/C20H22FN5OS/c1-13(22)14-7-9-25(10-8-14)20(27)18-23-19(17-6-3-11-28-17)26(24-18)16-5-2-4-15(21)12-16/h2-6,11-14H,7-10,22H2,1H3. The maximum Gasteiger partial charge on any atom is 0.293 e. The average Bonchev–Trinajstić information content (AvgIpc) is 3.37. The van der Waals surface area contributed by atoms with E-state index in [1.54, 1.807) is 17.0 Å². The van der Waals surface area contributed by atoms with Gasteiger partial charge in [-0.15, -0.1) is 16.4 Å². The Balaban J connectivity index is 1.65. The van der Waals surface area contributed by atoms with Gasteiger partial charge in [-0.1, -0.05) is 12.1 Å². The number of aromatic nitrogens is 3. The second-order valence-electron chi connectivity index (χ2n) is 7.12. The van der Waals surface area contributed by atoms with Crippen molar-refractivity contribution in [2.24, 2.45) is 11.7 Å². The van der Waals surface area contributed by atoms with Crippen LogP contribution in [0.25, 0.3) is 16.4 Å². The number of hydrogen-bond acceptors (Lipinski definition) is 5. The number of nitrogens with two attached hydrogens (primary N) is 1. The lowest BCUT2D eigenvalue weighted by molar-refractivity contribution is 0.0669. The van der Waals surface area contributed by atoms with E-state index in [9.17, 15) is 9.18 Å². The topological polar surface area (TPSA) is 77.0 Å². The Labute approximate surface area is 166 Å². The van der Waals surface area contributed by atoms with E-state index in [0.29, 0.717) is 30.5 Å². The number of amides is 1. The zero-order valence-electron chi connectivity index (χ0n) is 15.6. The van der Waals surface area contributed by atoms with E-state index in [1.807, 2.05) is 24.4 Å². The van der Waals surface area contributed by atoms with Crippen LogP contribution in [0, 0.1) is 11.7 Å². The van der Waals surface area contributed by atoms with Crippen molar-refractivity contribution >= 4 is 17.2 Å². The number of hydrogen-bond donors (Lipinski definition) is 1. The summed E-state index contributed by atoms with van der Waals surface area (Å²) in [6, 6.07) is 10.1. The first kappa shape index (κ1) is 18.8. The summed E-state index contributed by atoms with van der Waals surface area (Å²) < 4.78 is 15.3. The van der Waals surface area contributed by atoms with Crippen LogP contribution in [0.3, 0.4) is 0 Å². The highest BCUT2D eigenvalue weighted by Crippen LogP contribution is 2.27. The van der Waals surface area contributed by atoms with Crippen LogP contribution in [-0.2, 0) is 0 Å². The summed E-state index contributed by atoms with van der Waals surface area (Å²) in [6.45, 7) is 3.30. The second kappa shape index (κ2) is 7.81. The number of benzene rings is 1. The fraction of sp³-hybridized carbons (Fsp3) is 0.350. The van der Waals surface area contributed by atoms with Crippen molar-refractivity contribution < 1.29 is 9.18 Å². The largest absolute Gasteiger partial charge is 0.336 e. The number of likely N-dealkylation sites (tertiary alicyclic amines) is 1. The first-order valence-electron chi connectivity index (χ1n) is 9.34. The Hall–Kier alpha value is -2.58. The molecule has 1 aliphatic heterocycles. The van der Waals surface area contributed by atoms with Crippen molar-refractivity contribution in [1.82, 2.24) is 19.7 Å². The Morgan fingerprint density at radius 3 is 2.71 bits per heavy atom. The zero-order valence-corrected chi connectivity index (χ0v) is 16.4. The Morgan fingerprint density at radius 1 is 1.29 bits per heavy atom. The predicted octanol–water partition coefficient (Wildman–Crippen LogP) is 3.33. The molecule has 1 saturated heterocycles. The molecule has 1 amide bonds. The molecule has 1 unspecified atom stereocenters. The molecule has 1 atom stereocenters. The molecule has 0 aliphatic carbocycles. The molecular formula is C20H22FN5OS. The monoisotopic (exact) mass is 399 g/mol. The van der Waals surface area contributed by atoms with Gasteiger partial charge in [-0.25, -0.2) is 14.1 Å². The summed E-state index contributed by atoms with van der Waals surface area (Å²) >= 11 is 1.50. The Kier molecular flexibility index (Phi) is 5.23. The lowest BCUT2D eigenvalue weighted by Gasteiger charge is -2.33. The van der Waals surface area contributed by atoms with Crippen molar-refractivity contribution in [3.63, 3.8) is 0 Å². The van der Waals surface area contributed by atoms with E-state index in [-0.39, 0.29) is 23.6 Å². The molecule has 146 valence electrons. The van der Waals surface area contributed by atoms with Crippen molar-refractivity contribution in [3.05, 3.63) is 53.4 Å². The molecular weight excluding hydrogens is 377 g/mol. The van der Waals surface area contributed by atoms with E-state index in [1.165, 1.54) is 28.2 Å². The zero-order chi connectivity index (χ0) is 19.7. The lowest BCUT2D eigenvalue weighted by atomic mass is 9.91. The minimum absolute atomic E-state index is 0.131. The van der Waals surface area contributed by atoms with Crippen molar-refractivity contribution in [2.45, 2.75) is 25.8 Å². The predicted molar refractivity (Wildman–Crippen MR) is 107 cm³/mol. The first-order valence-corrected chi connectivity index (χ1v) is 10.2. The first-order chi connectivity index (χ1) is 13.5. The lowest BCUT2D eigenvalue weighted by Crippen LogP contribution is -2.42. The van der Waals surface area contributed by atoms with Crippen molar-refractivity contribution in [1.29, 1.82) is 0 Å². The average molecular weight is 399 g/mol. The van der Waals surface area contributed by atoms with Gasteiger partial charge >= 0.3 is 0 Å². The van der Waals surface area contributed by atoms with Gasteiger partial charge in [-0.05, 0) is 55.3 Å². The maximum absolute atomic E-state index is 13.7. The summed E-state index contributed by atoms with van der Waals surface area (Å²) in [5.41, 5.74) is 6.53. The smallest absolute Gasteiger partial charge is 0.293 e. The normalized spacial score (nSPS) is 16.3. The summed E-state index contributed by atoms with van der Waals surface area (Å²) in [6.07, 6.45) is 1.76. The van der Waals surface area contributed by atoms with E-state index >= 15 is 0 Å². The van der Waals surface area contributed by atoms with Gasteiger partial charge in [-0.3, -0.25) is 4.79 Å². The van der Waals surface area contributed by atoms with E-state index in [4.69, 9.17) is 5.73 Å². The van der Waals surface area contributed by atoms with Crippen LogP contribution in [0.1, 0.15) is 30.4 Å². The molecule has 1 fully saturated rings. The van der Waals surface area contributed by atoms with Crippen LogP contribution in [0.5, 0.6) is 0 Å². The molecule has 1 aromatic carbocycles. The highest BCUT2D eigenvalue weighted by atomic mass is 32.1. The third kappa shape index (κ3) is 3.70. The van der Waals surface area contributed by atoms with Crippen LogP contribution < -0.4 is 5.73 Å². The molecule has 1 aliphatic rings. The summed E-state index contributed by atoms with van der Waals surface area (Å²) in [5, 5.41) is 6.37. The Bertz CT molecular complexity index is 961. The summed E-state index contributed by atoms with van der Waals surface area (Å²) in [7, 11) is 0. The molecule has 3 aromatic rings. The molecule has 8 heteroatoms. The molecule has 28 heavy (non-hydrogen) atoms. The minimum atomic E-state index is -0.365. The number of piperidine rings is 1. The number of halogens is 1. The van der Waals surface area contributed by atoms with Gasteiger partial charge in [0.15, 0.2) is 5.82 Å². The fourth-order valence-corrected chi connectivity index (χ4v) is 4.22. The third-order valence-electron chi connectivity index (χ3n) is 5.16. The van der Waals surface area contributed by atoms with Crippen molar-refractivity contribution in [3.8, 4) is 16.4 Å². The van der Waals surface area contributed by atoms with Gasteiger partial charge in [0.25, 0.3) is 5.91 Å². The molecule has 0 radical (unpaired) electrons. The van der Waals surface area contributed by atoms with Gasteiger partial charge in [0, 0.05) is 19.1 Å². The van der Waals surface area contributed by atoms with Gasteiger partial charge in [0.1, 0.15) is 5.82 Å². The fourth-order valence-electron chi connectivity index (χ4n) is 3.53. The highest BCUT2D eigenvalue weighted by molar-refractivity contribution is 7.13. The molecule has 0 spiro atoms. The van der Waals surface area contributed by atoms with Crippen LogP contribution in [0.4, 0.5) is 4.39 Å². The van der Waals surface area contributed by atoms with Gasteiger partial charge in [0.05, 0.1) is 10.6 Å². The summed E-state index contributed by atoms with van der Waals surface area (Å²) in [4.78, 5) is 20.2. The number of carbonyl (C=O) groups is 1. The van der Waals surface area contributed by atoms with E-state index in [2.05, 4.69) is 10.1 Å². The molecule has 2 N–H and O–H groups in total. The van der Waals surface area contributed by atoms with Gasteiger partial charge < -0.3 is 10.6 Å². The molecule has 6 nitrogen and oxygen atoms in total. The second-order valence-corrected chi connectivity index (χ2v) is 8.06. The number of carbonyl (C=O) groups excluding carboxylic acids is 1. The van der Waals surface area contributed by atoms with Crippen LogP contribution in [0.2, 0.25) is 0 Å². The molecule has 2 aromatic heterocycles. The van der Waals surface area contributed by atoms with Crippen LogP contribution >= 0.6 is 11.3 Å².